The fourth-order valence-electron chi connectivity index (χ4n) is 7.43. The van der Waals surface area contributed by atoms with Gasteiger partial charge in [0.05, 0.1) is 25.2 Å². The van der Waals surface area contributed by atoms with Gasteiger partial charge >= 0.3 is 5.97 Å². The highest BCUT2D eigenvalue weighted by Crippen LogP contribution is 2.18. The van der Waals surface area contributed by atoms with Crippen LogP contribution in [0.2, 0.25) is 0 Å². The van der Waals surface area contributed by atoms with Crippen LogP contribution in [0.5, 0.6) is 0 Å². The normalized spacial score (nSPS) is 13.4. The van der Waals surface area contributed by atoms with Crippen LogP contribution in [0.1, 0.15) is 258 Å². The van der Waals surface area contributed by atoms with Gasteiger partial charge in [-0.15, -0.1) is 0 Å². The van der Waals surface area contributed by atoms with Crippen LogP contribution in [0, 0.1) is 0 Å². The summed E-state index contributed by atoms with van der Waals surface area (Å²) in [6.45, 7) is 6.46. The number of rotatable bonds is 43. The number of aliphatic hydroxyl groups excluding tert-OH is 2. The Kier molecular flexibility index (Phi) is 41.6. The number of amides is 1. The molecule has 320 valence electrons. The average molecular weight is 764 g/mol. The lowest BCUT2D eigenvalue weighted by Gasteiger charge is -2.24. The molecule has 1 amide bonds. The number of hydrogen-bond acceptors (Lipinski definition) is 5. The van der Waals surface area contributed by atoms with Crippen LogP contribution in [0.25, 0.3) is 0 Å². The fraction of sp³-hybridized carbons (Fsp3) is 0.917. The van der Waals surface area contributed by atoms with Crippen molar-refractivity contribution in [3.05, 3.63) is 12.2 Å². The largest absolute Gasteiger partial charge is 0.462 e. The van der Waals surface area contributed by atoms with E-state index in [4.69, 9.17) is 4.74 Å². The third kappa shape index (κ3) is 37.5. The summed E-state index contributed by atoms with van der Waals surface area (Å²) < 4.78 is 5.90. The number of carbonyl (C=O) groups is 2. The highest BCUT2D eigenvalue weighted by Gasteiger charge is 2.24. The molecule has 0 spiro atoms. The highest BCUT2D eigenvalue weighted by molar-refractivity contribution is 5.77. The molecule has 0 heterocycles. The highest BCUT2D eigenvalue weighted by atomic mass is 16.5. The number of esters is 1. The minimum atomic E-state index is -0.781. The Morgan fingerprint density at radius 1 is 0.519 bits per heavy atom. The second-order valence-corrected chi connectivity index (χ2v) is 16.5. The first kappa shape index (κ1) is 52.6. The second kappa shape index (κ2) is 42.7. The first-order valence-electron chi connectivity index (χ1n) is 23.9. The van der Waals surface area contributed by atoms with Gasteiger partial charge in [-0.3, -0.25) is 9.59 Å². The molecule has 0 aromatic carbocycles. The number of nitrogens with one attached hydrogen (secondary N) is 1. The third-order valence-corrected chi connectivity index (χ3v) is 11.1. The van der Waals surface area contributed by atoms with Crippen molar-refractivity contribution in [3.63, 3.8) is 0 Å². The SMILES string of the molecule is CCCCCCCCC/C=C\CCCCCC(=O)OC(CCCCCCCCCCCCCC)CC(=O)NC(CO)C(O)CCCCCCCCCCC. The Labute approximate surface area is 336 Å². The summed E-state index contributed by atoms with van der Waals surface area (Å²) in [7, 11) is 0. The van der Waals surface area contributed by atoms with E-state index in [0.29, 0.717) is 19.3 Å². The van der Waals surface area contributed by atoms with Crippen molar-refractivity contribution in [1.82, 2.24) is 5.32 Å². The first-order chi connectivity index (χ1) is 26.5. The zero-order valence-corrected chi connectivity index (χ0v) is 36.4. The number of ether oxygens (including phenoxy) is 1. The molecule has 0 rings (SSSR count). The van der Waals surface area contributed by atoms with Gasteiger partial charge in [0.2, 0.25) is 5.91 Å². The smallest absolute Gasteiger partial charge is 0.306 e. The quantitative estimate of drug-likeness (QED) is 0.0326. The van der Waals surface area contributed by atoms with Crippen LogP contribution in [-0.2, 0) is 14.3 Å². The molecule has 0 saturated carbocycles. The fourth-order valence-corrected chi connectivity index (χ4v) is 7.43. The molecule has 0 saturated heterocycles. The van der Waals surface area contributed by atoms with Crippen LogP contribution in [0.4, 0.5) is 0 Å². The summed E-state index contributed by atoms with van der Waals surface area (Å²) in [5, 5.41) is 23.6. The molecular formula is C48H93NO5. The van der Waals surface area contributed by atoms with E-state index in [2.05, 4.69) is 38.2 Å². The molecule has 6 nitrogen and oxygen atoms in total. The van der Waals surface area contributed by atoms with Gasteiger partial charge in [-0.05, 0) is 51.4 Å². The van der Waals surface area contributed by atoms with E-state index in [1.165, 1.54) is 154 Å². The topological polar surface area (TPSA) is 95.9 Å². The Morgan fingerprint density at radius 3 is 1.31 bits per heavy atom. The molecule has 54 heavy (non-hydrogen) atoms. The number of allylic oxidation sites excluding steroid dienone is 2. The summed E-state index contributed by atoms with van der Waals surface area (Å²) in [5.74, 6) is -0.481. The van der Waals surface area contributed by atoms with E-state index in [0.717, 1.165) is 57.8 Å². The first-order valence-corrected chi connectivity index (χ1v) is 23.9. The summed E-state index contributed by atoms with van der Waals surface area (Å²) in [6.07, 6.45) is 45.6. The minimum Gasteiger partial charge on any atom is -0.462 e. The van der Waals surface area contributed by atoms with Gasteiger partial charge in [0.25, 0.3) is 0 Å². The van der Waals surface area contributed by atoms with Crippen molar-refractivity contribution in [2.45, 2.75) is 277 Å². The Hall–Kier alpha value is -1.40. The van der Waals surface area contributed by atoms with Crippen molar-refractivity contribution in [2.75, 3.05) is 6.61 Å². The van der Waals surface area contributed by atoms with Crippen LogP contribution in [-0.4, -0.2) is 46.9 Å². The van der Waals surface area contributed by atoms with E-state index < -0.39 is 18.2 Å². The molecule has 0 fully saturated rings. The van der Waals surface area contributed by atoms with E-state index in [1.54, 1.807) is 0 Å². The van der Waals surface area contributed by atoms with Gasteiger partial charge in [-0.2, -0.15) is 0 Å². The van der Waals surface area contributed by atoms with E-state index in [-0.39, 0.29) is 24.9 Å². The van der Waals surface area contributed by atoms with Crippen LogP contribution in [0.3, 0.4) is 0 Å². The molecule has 3 atom stereocenters. The molecule has 0 radical (unpaired) electrons. The zero-order chi connectivity index (χ0) is 39.6. The van der Waals surface area contributed by atoms with Crippen molar-refractivity contribution in [3.8, 4) is 0 Å². The maximum Gasteiger partial charge on any atom is 0.306 e. The van der Waals surface area contributed by atoms with Crippen molar-refractivity contribution in [2.24, 2.45) is 0 Å². The third-order valence-electron chi connectivity index (χ3n) is 11.1. The molecular weight excluding hydrogens is 671 g/mol. The maximum atomic E-state index is 13.1. The summed E-state index contributed by atoms with van der Waals surface area (Å²) in [6, 6.07) is -0.695. The van der Waals surface area contributed by atoms with Crippen molar-refractivity contribution < 1.29 is 24.5 Å². The van der Waals surface area contributed by atoms with Crippen molar-refractivity contribution in [1.29, 1.82) is 0 Å². The minimum absolute atomic E-state index is 0.0779. The van der Waals surface area contributed by atoms with Crippen LogP contribution >= 0.6 is 0 Å². The van der Waals surface area contributed by atoms with Crippen LogP contribution in [0.15, 0.2) is 12.2 Å². The average Bonchev–Trinajstić information content (AvgIpc) is 3.16. The van der Waals surface area contributed by atoms with Gasteiger partial charge in [0.1, 0.15) is 6.10 Å². The Bertz CT molecular complexity index is 817. The molecule has 3 N–H and O–H groups in total. The number of aliphatic hydroxyl groups is 2. The lowest BCUT2D eigenvalue weighted by molar-refractivity contribution is -0.151. The second-order valence-electron chi connectivity index (χ2n) is 16.5. The molecule has 0 aliphatic heterocycles. The Balaban J connectivity index is 4.57. The van der Waals surface area contributed by atoms with Gasteiger partial charge < -0.3 is 20.3 Å². The molecule has 0 aromatic heterocycles. The summed E-state index contributed by atoms with van der Waals surface area (Å²) in [4.78, 5) is 26.0. The molecule has 0 aromatic rings. The van der Waals surface area contributed by atoms with E-state index in [9.17, 15) is 19.8 Å². The van der Waals surface area contributed by atoms with Crippen molar-refractivity contribution >= 4 is 11.9 Å². The van der Waals surface area contributed by atoms with Gasteiger partial charge in [-0.25, -0.2) is 0 Å². The summed E-state index contributed by atoms with van der Waals surface area (Å²) >= 11 is 0. The van der Waals surface area contributed by atoms with Gasteiger partial charge in [0, 0.05) is 6.42 Å². The standard InChI is InChI=1S/C48H93NO5/c1-4-7-10-13-16-19-21-23-24-26-29-32-35-38-41-48(53)54-44(39-36-33-30-28-25-22-20-17-14-11-8-5-2)42-47(52)49-45(43-50)46(51)40-37-34-31-27-18-15-12-9-6-3/h24,26,44-46,50-51H,4-23,25,27-43H2,1-3H3,(H,49,52)/b26-24-. The predicted molar refractivity (Wildman–Crippen MR) is 232 cm³/mol. The molecule has 0 bridgehead atoms. The number of carbonyl (C=O) groups excluding carboxylic acids is 2. The Morgan fingerprint density at radius 2 is 0.889 bits per heavy atom. The molecule has 0 aliphatic carbocycles. The monoisotopic (exact) mass is 764 g/mol. The number of hydrogen-bond donors (Lipinski definition) is 3. The van der Waals surface area contributed by atoms with Gasteiger partial charge in [-0.1, -0.05) is 206 Å². The maximum absolute atomic E-state index is 13.1. The number of unbranched alkanes of at least 4 members (excludes halogenated alkanes) is 29. The zero-order valence-electron chi connectivity index (χ0n) is 36.4. The molecule has 0 aliphatic rings. The van der Waals surface area contributed by atoms with E-state index >= 15 is 0 Å². The van der Waals surface area contributed by atoms with E-state index in [1.807, 2.05) is 0 Å². The predicted octanol–water partition coefficient (Wildman–Crippen LogP) is 13.8. The lowest BCUT2D eigenvalue weighted by Crippen LogP contribution is -2.46. The lowest BCUT2D eigenvalue weighted by atomic mass is 10.0. The molecule has 3 unspecified atom stereocenters. The van der Waals surface area contributed by atoms with Crippen LogP contribution < -0.4 is 5.32 Å². The molecule has 6 heteroatoms. The summed E-state index contributed by atoms with van der Waals surface area (Å²) in [5.41, 5.74) is 0. The van der Waals surface area contributed by atoms with Gasteiger partial charge in [0.15, 0.2) is 0 Å².